The number of likely N-dealkylation sites (tertiary alicyclic amines) is 2. The minimum atomic E-state index is -0.882. The summed E-state index contributed by atoms with van der Waals surface area (Å²) in [5.74, 6) is 1.44. The number of piperazine rings is 1. The highest BCUT2D eigenvalue weighted by Crippen LogP contribution is 2.41. The van der Waals surface area contributed by atoms with Crippen LogP contribution in [-0.4, -0.2) is 152 Å². The van der Waals surface area contributed by atoms with E-state index in [9.17, 15) is 25.1 Å². The summed E-state index contributed by atoms with van der Waals surface area (Å²) in [7, 11) is 0. The number of β-amino-alcohol motifs (C(OH)–C–C–N with tert-alkyl or cyclic N) is 1. The Labute approximate surface area is 494 Å². The zero-order valence-corrected chi connectivity index (χ0v) is 49.0. The van der Waals surface area contributed by atoms with Crippen molar-refractivity contribution in [2.45, 2.75) is 146 Å². The van der Waals surface area contributed by atoms with Gasteiger partial charge in [-0.15, -0.1) is 21.5 Å². The normalized spacial score (nSPS) is 23.8. The number of carbonyl (C=O) groups is 2. The number of hydrogen-bond donors (Lipinski definition) is 4. The molecular formula is C63H77N13O7S. The second-order valence-electron chi connectivity index (χ2n) is 24.3. The minimum Gasteiger partial charge on any atom is -0.507 e. The van der Waals surface area contributed by atoms with Crippen molar-refractivity contribution in [3.63, 3.8) is 0 Å². The molecule has 12 rings (SSSR count). The monoisotopic (exact) mass is 1160 g/mol. The Hall–Kier alpha value is -7.38. The molecule has 6 aromatic rings. The number of pyridine rings is 1. The fraction of sp³-hybridized carbons (Fsp3) is 0.524. The zero-order valence-electron chi connectivity index (χ0n) is 48.2. The number of anilines is 4. The molecule has 84 heavy (non-hydrogen) atoms. The molecule has 6 aliphatic rings. The Morgan fingerprint density at radius 3 is 2.36 bits per heavy atom. The second-order valence-corrected chi connectivity index (χ2v) is 25.2. The number of fused-ring (bicyclic) bond motifs is 2. The Kier molecular flexibility index (Phi) is 17.0. The van der Waals surface area contributed by atoms with Gasteiger partial charge >= 0.3 is 0 Å². The number of amides is 2. The van der Waals surface area contributed by atoms with E-state index in [4.69, 9.17) is 19.7 Å². The number of carbonyl (C=O) groups excluding carboxylic acids is 2. The number of hydrogen-bond acceptors (Lipinski definition) is 19. The van der Waals surface area contributed by atoms with Gasteiger partial charge in [0.05, 0.1) is 57.9 Å². The molecule has 0 spiro atoms. The van der Waals surface area contributed by atoms with Gasteiger partial charge in [0.1, 0.15) is 23.8 Å². The molecule has 2 bridgehead atoms. The van der Waals surface area contributed by atoms with Crippen LogP contribution in [0.3, 0.4) is 0 Å². The van der Waals surface area contributed by atoms with Crippen LogP contribution >= 0.6 is 11.3 Å². The lowest BCUT2D eigenvalue weighted by Crippen LogP contribution is -2.54. The average Bonchev–Trinajstić information content (AvgIpc) is 3.43. The summed E-state index contributed by atoms with van der Waals surface area (Å²) in [6.07, 6.45) is 10.3. The number of nitrogens with zero attached hydrogens (tertiary/aromatic N) is 11. The fourth-order valence-electron chi connectivity index (χ4n) is 13.8. The van der Waals surface area contributed by atoms with Crippen LogP contribution in [0, 0.1) is 30.1 Å². The van der Waals surface area contributed by atoms with Crippen molar-refractivity contribution in [3.05, 3.63) is 102 Å². The largest absolute Gasteiger partial charge is 0.507 e. The van der Waals surface area contributed by atoms with Gasteiger partial charge in [0.2, 0.25) is 17.7 Å². The number of nitriles is 1. The highest BCUT2D eigenvalue weighted by molar-refractivity contribution is 7.13. The number of para-hydroxylation sites is 1. The number of aryl methyl sites for hydroxylation is 1. The summed E-state index contributed by atoms with van der Waals surface area (Å²) >= 11 is 1.57. The Balaban J connectivity index is 0.572. The predicted molar refractivity (Wildman–Crippen MR) is 320 cm³/mol. The smallest absolute Gasteiger partial charge is 0.243 e. The van der Waals surface area contributed by atoms with E-state index in [2.05, 4.69) is 68.4 Å². The molecule has 1 saturated carbocycles. The van der Waals surface area contributed by atoms with E-state index in [0.717, 1.165) is 130 Å². The molecule has 4 aromatic heterocycles. The summed E-state index contributed by atoms with van der Waals surface area (Å²) in [5.41, 5.74) is 14.3. The Morgan fingerprint density at radius 1 is 0.881 bits per heavy atom. The third-order valence-corrected chi connectivity index (χ3v) is 19.3. The number of nitrogens with one attached hydrogen (secondary N) is 1. The molecular weight excluding hydrogens is 1080 g/mol. The number of aliphatic hydroxyl groups excluding tert-OH is 1. The van der Waals surface area contributed by atoms with Crippen LogP contribution in [0.15, 0.2) is 89.0 Å². The molecule has 20 nitrogen and oxygen atoms in total. The molecule has 5 N–H and O–H groups in total. The first kappa shape index (κ1) is 57.1. The lowest BCUT2D eigenvalue weighted by Gasteiger charge is -2.43. The lowest BCUT2D eigenvalue weighted by molar-refractivity contribution is -0.141. The van der Waals surface area contributed by atoms with Gasteiger partial charge in [-0.3, -0.25) is 9.59 Å². The Bertz CT molecular complexity index is 3280. The van der Waals surface area contributed by atoms with Crippen LogP contribution in [0.2, 0.25) is 0 Å². The van der Waals surface area contributed by atoms with Crippen LogP contribution in [0.25, 0.3) is 21.7 Å². The number of thiazole rings is 1. The number of piperidine rings is 2. The van der Waals surface area contributed by atoms with E-state index < -0.39 is 24.1 Å². The van der Waals surface area contributed by atoms with Crippen molar-refractivity contribution < 1.29 is 33.8 Å². The van der Waals surface area contributed by atoms with Gasteiger partial charge in [0, 0.05) is 120 Å². The van der Waals surface area contributed by atoms with E-state index >= 15 is 0 Å². The molecule has 6 fully saturated rings. The first-order valence-electron chi connectivity index (χ1n) is 30.2. The number of aromatic nitrogens is 5. The SMILES string of the molecule is Cc1ncsc1-c1ccc([C@H](CCC#N)NC(=O)[C@@H]2C[C@@H](O)CN2C(=O)[C@@H](c2cc(N3CCC(CN4CCC(OC5CC(Oc6cc(N7C8CC[C@@H]7CN(c7cc(-c9ccccc9O)nnc7N)C8)ccn6)C5)CC4)CC3)no2)C(C)C)cc1. The quantitative estimate of drug-likeness (QED) is 0.0596. The zero-order chi connectivity index (χ0) is 58.0. The van der Waals surface area contributed by atoms with Crippen LogP contribution < -0.4 is 30.5 Å². The maximum absolute atomic E-state index is 14.5. The third kappa shape index (κ3) is 12.4. The highest BCUT2D eigenvalue weighted by atomic mass is 32.1. The number of aromatic hydroxyl groups is 1. The van der Waals surface area contributed by atoms with Gasteiger partial charge in [0.25, 0.3) is 0 Å². The number of phenols is 1. The topological polar surface area (TPSA) is 249 Å². The molecule has 0 radical (unpaired) electrons. The van der Waals surface area contributed by atoms with E-state index in [1.165, 1.54) is 4.90 Å². The first-order chi connectivity index (χ1) is 40.8. The second kappa shape index (κ2) is 25.1. The average molecular weight is 1160 g/mol. The molecule has 2 aromatic carbocycles. The molecule has 9 heterocycles. The molecule has 1 aliphatic carbocycles. The van der Waals surface area contributed by atoms with E-state index in [0.29, 0.717) is 59.0 Å². The van der Waals surface area contributed by atoms with Crippen molar-refractivity contribution >= 4 is 46.2 Å². The predicted octanol–water partition coefficient (Wildman–Crippen LogP) is 8.27. The summed E-state index contributed by atoms with van der Waals surface area (Å²) in [6, 6.07) is 24.6. The van der Waals surface area contributed by atoms with Gasteiger partial charge in [-0.1, -0.05) is 55.4 Å². The Morgan fingerprint density at radius 2 is 1.64 bits per heavy atom. The van der Waals surface area contributed by atoms with Crippen molar-refractivity contribution in [1.29, 1.82) is 5.26 Å². The van der Waals surface area contributed by atoms with E-state index in [1.807, 2.05) is 81.0 Å². The minimum absolute atomic E-state index is 0.0373. The number of rotatable bonds is 19. The van der Waals surface area contributed by atoms with Crippen LogP contribution in [-0.2, 0) is 14.3 Å². The summed E-state index contributed by atoms with van der Waals surface area (Å²) in [4.78, 5) is 49.9. The van der Waals surface area contributed by atoms with Crippen LogP contribution in [0.1, 0.15) is 113 Å². The van der Waals surface area contributed by atoms with Crippen LogP contribution in [0.4, 0.5) is 23.0 Å². The van der Waals surface area contributed by atoms with Crippen molar-refractivity contribution in [1.82, 2.24) is 40.4 Å². The lowest BCUT2D eigenvalue weighted by atomic mass is 9.91. The van der Waals surface area contributed by atoms with Crippen molar-refractivity contribution in [2.24, 2.45) is 11.8 Å². The molecule has 2 amide bonds. The summed E-state index contributed by atoms with van der Waals surface area (Å²) < 4.78 is 19.1. The first-order valence-corrected chi connectivity index (χ1v) is 31.0. The summed E-state index contributed by atoms with van der Waals surface area (Å²) in [6.45, 7) is 12.3. The van der Waals surface area contributed by atoms with Crippen LogP contribution in [0.5, 0.6) is 11.6 Å². The third-order valence-electron chi connectivity index (χ3n) is 18.3. The number of nitrogens with two attached hydrogens (primary N) is 1. The standard InChI is InChI=1S/C63H77N13O7S/c1-38(2)59(63(80)75-36-46(77)28-54(75)62(79)68-51(8-6-21-64)41-10-12-42(13-11-41)60-39(3)67-37-84-60)56-32-57(71-83-56)73-25-17-40(18-26-73)33-72-23-19-47(20-24-72)81-48-29-49(30-48)82-58-27-43(16-22-66-58)76-44-14-15-45(76)35-74(34-44)53-31-52(69-70-61(53)65)50-7-4-5-9-55(50)78/h4-5,7,9-13,16,22,27,31-32,37-38,40,44-49,51,54,59,77-78H,6,8,14-15,17-20,23-26,28-30,33-36H2,1-3H3,(H2,65,70)(H,68,79)/t44-,45?,46-,48?,49?,51+,54+,59-/m1/s1. The van der Waals surface area contributed by atoms with Gasteiger partial charge in [-0.05, 0) is 99.1 Å². The maximum Gasteiger partial charge on any atom is 0.243 e. The summed E-state index contributed by atoms with van der Waals surface area (Å²) in [5, 5.41) is 47.1. The van der Waals surface area contributed by atoms with E-state index in [1.54, 1.807) is 23.5 Å². The molecule has 5 saturated heterocycles. The van der Waals surface area contributed by atoms with Gasteiger partial charge in [-0.25, -0.2) is 9.97 Å². The molecule has 442 valence electrons. The fourth-order valence-corrected chi connectivity index (χ4v) is 14.6. The highest BCUT2D eigenvalue weighted by Gasteiger charge is 2.45. The van der Waals surface area contributed by atoms with Gasteiger partial charge in [0.15, 0.2) is 17.4 Å². The van der Waals surface area contributed by atoms with Crippen molar-refractivity contribution in [2.75, 3.05) is 72.8 Å². The molecule has 5 aliphatic heterocycles. The van der Waals surface area contributed by atoms with Gasteiger partial charge in [-0.2, -0.15) is 5.26 Å². The number of ether oxygens (including phenoxy) is 2. The molecule has 1 unspecified atom stereocenters. The molecule has 21 heteroatoms. The van der Waals surface area contributed by atoms with E-state index in [-0.39, 0.29) is 61.2 Å². The maximum atomic E-state index is 14.5. The number of benzene rings is 2. The number of phenolic OH excluding ortho intramolecular Hbond substituents is 1. The van der Waals surface area contributed by atoms with Crippen molar-refractivity contribution in [3.8, 4) is 39.4 Å². The molecule has 6 atom stereocenters. The number of nitrogen functional groups attached to an aromatic ring is 1. The number of aliphatic hydroxyl groups is 1. The van der Waals surface area contributed by atoms with Gasteiger partial charge < -0.3 is 59.8 Å².